The van der Waals surface area contributed by atoms with Crippen LogP contribution in [0.15, 0.2) is 24.3 Å². The molecule has 0 amide bonds. The molecule has 2 nitrogen and oxygen atoms in total. The third-order valence-electron chi connectivity index (χ3n) is 1.62. The van der Waals surface area contributed by atoms with Crippen molar-refractivity contribution in [2.75, 3.05) is 12.8 Å². The fraction of sp³-hybridized carbons (Fsp3) is 0.375. The Bertz CT molecular complexity index is 196. The Balaban J connectivity index is 2.41. The van der Waals surface area contributed by atoms with Gasteiger partial charge in [-0.3, -0.25) is 4.79 Å². The Hall–Kier alpha value is -0.620. The first-order chi connectivity index (χ1) is 5.20. The van der Waals surface area contributed by atoms with Gasteiger partial charge in [0.1, 0.15) is 0 Å². The molecule has 0 aromatic carbocycles. The van der Waals surface area contributed by atoms with Gasteiger partial charge in [-0.1, -0.05) is 32.2 Å². The van der Waals surface area contributed by atoms with Crippen LogP contribution in [-0.2, 0) is 4.79 Å². The number of hydrogen-bond donors (Lipinski definition) is 1. The maximum Gasteiger partial charge on any atom is 0.307 e. The molecule has 60 valence electrons. The molecule has 0 spiro atoms. The van der Waals surface area contributed by atoms with Crippen LogP contribution < -0.4 is 0 Å². The Labute approximate surface area is 67.4 Å². The van der Waals surface area contributed by atoms with Gasteiger partial charge in [0.25, 0.3) is 0 Å². The molecule has 3 heteroatoms. The molecule has 1 aliphatic carbocycles. The van der Waals surface area contributed by atoms with E-state index in [0.29, 0.717) is 11.8 Å². The monoisotopic (exact) mass is 170 g/mol. The zero-order valence-electron chi connectivity index (χ0n) is 6.40. The first-order valence-corrected chi connectivity index (χ1v) is 5.51. The molecule has 0 fully saturated rings. The van der Waals surface area contributed by atoms with Crippen molar-refractivity contribution >= 4 is 13.9 Å². The Morgan fingerprint density at radius 2 is 2.09 bits per heavy atom. The van der Waals surface area contributed by atoms with Crippen LogP contribution in [0.1, 0.15) is 0 Å². The predicted octanol–water partition coefficient (Wildman–Crippen LogP) is 1.68. The van der Waals surface area contributed by atoms with Gasteiger partial charge in [0.15, 0.2) is 0 Å². The molecular weight excluding hydrogens is 159 g/mol. The van der Waals surface area contributed by atoms with Crippen LogP contribution in [0.25, 0.3) is 0 Å². The lowest BCUT2D eigenvalue weighted by molar-refractivity contribution is -0.134. The quantitative estimate of drug-likeness (QED) is 0.654. The smallest absolute Gasteiger partial charge is 0.307 e. The zero-order valence-corrected chi connectivity index (χ0v) is 7.29. The molecule has 1 rings (SSSR count). The molecule has 1 aliphatic rings. The van der Waals surface area contributed by atoms with E-state index in [1.165, 1.54) is 0 Å². The van der Waals surface area contributed by atoms with Gasteiger partial charge in [0.2, 0.25) is 0 Å². The molecule has 0 aromatic rings. The molecule has 0 bridgehead atoms. The van der Waals surface area contributed by atoms with Gasteiger partial charge in [-0.15, -0.1) is 0 Å². The molecule has 1 unspecified atom stereocenters. The van der Waals surface area contributed by atoms with Gasteiger partial charge < -0.3 is 5.11 Å². The van der Waals surface area contributed by atoms with E-state index in [1.807, 2.05) is 18.8 Å². The summed E-state index contributed by atoms with van der Waals surface area (Å²) in [6.45, 7) is 2.02. The summed E-state index contributed by atoms with van der Waals surface area (Å²) >= 11 is 0. The molecule has 0 saturated heterocycles. The lowest BCUT2D eigenvalue weighted by atomic mass is 10.5. The standard InChI is InChI=1S/C8H11O2P/c1-11(6-8(9)10)7-4-2-3-5-7/h2-5,7H,6H2,1H3,(H,9,10). The first-order valence-electron chi connectivity index (χ1n) is 3.47. The van der Waals surface area contributed by atoms with Gasteiger partial charge in [-0.25, -0.2) is 0 Å². The molecule has 11 heavy (non-hydrogen) atoms. The number of allylic oxidation sites excluding steroid dienone is 4. The second-order valence-electron chi connectivity index (χ2n) is 2.57. The van der Waals surface area contributed by atoms with Crippen molar-refractivity contribution in [2.45, 2.75) is 5.66 Å². The van der Waals surface area contributed by atoms with Gasteiger partial charge in [-0.05, 0) is 6.66 Å². The van der Waals surface area contributed by atoms with Crippen LogP contribution in [-0.4, -0.2) is 29.6 Å². The van der Waals surface area contributed by atoms with Crippen molar-refractivity contribution in [2.24, 2.45) is 0 Å². The summed E-state index contributed by atoms with van der Waals surface area (Å²) in [5.74, 6) is -0.688. The summed E-state index contributed by atoms with van der Waals surface area (Å²) in [5, 5.41) is 8.51. The number of hydrogen-bond acceptors (Lipinski definition) is 1. The second-order valence-corrected chi connectivity index (χ2v) is 5.00. The van der Waals surface area contributed by atoms with E-state index in [2.05, 4.69) is 12.2 Å². The summed E-state index contributed by atoms with van der Waals surface area (Å²) in [4.78, 5) is 10.3. The third-order valence-corrected chi connectivity index (χ3v) is 3.75. The van der Waals surface area contributed by atoms with Crippen molar-refractivity contribution in [3.63, 3.8) is 0 Å². The molecule has 0 saturated carbocycles. The van der Waals surface area contributed by atoms with Gasteiger partial charge >= 0.3 is 5.97 Å². The van der Waals surface area contributed by atoms with E-state index in [9.17, 15) is 4.79 Å². The van der Waals surface area contributed by atoms with E-state index in [4.69, 9.17) is 5.11 Å². The molecular formula is C8H11O2P. The number of rotatable bonds is 3. The summed E-state index contributed by atoms with van der Waals surface area (Å²) < 4.78 is 0. The average Bonchev–Trinajstić information content (AvgIpc) is 2.35. The number of carboxylic acids is 1. The Kier molecular flexibility index (Phi) is 2.84. The Morgan fingerprint density at radius 1 is 1.55 bits per heavy atom. The van der Waals surface area contributed by atoms with Crippen molar-refractivity contribution in [3.8, 4) is 0 Å². The largest absolute Gasteiger partial charge is 0.481 e. The fourth-order valence-corrected chi connectivity index (χ4v) is 2.46. The zero-order chi connectivity index (χ0) is 8.27. The number of carbonyl (C=O) groups is 1. The average molecular weight is 170 g/mol. The molecule has 1 N–H and O–H groups in total. The van der Waals surface area contributed by atoms with Crippen molar-refractivity contribution in [1.29, 1.82) is 0 Å². The summed E-state index contributed by atoms with van der Waals surface area (Å²) in [6, 6.07) is 0. The lowest BCUT2D eigenvalue weighted by Gasteiger charge is -2.13. The van der Waals surface area contributed by atoms with Gasteiger partial charge in [0, 0.05) is 5.66 Å². The van der Waals surface area contributed by atoms with Crippen LogP contribution in [0.4, 0.5) is 0 Å². The summed E-state index contributed by atoms with van der Waals surface area (Å²) in [5.41, 5.74) is 0.390. The van der Waals surface area contributed by atoms with Crippen molar-refractivity contribution < 1.29 is 9.90 Å². The minimum atomic E-state index is -0.688. The minimum Gasteiger partial charge on any atom is -0.481 e. The number of carboxylic acid groups (broad SMARTS) is 1. The fourth-order valence-electron chi connectivity index (χ4n) is 1.03. The van der Waals surface area contributed by atoms with Crippen LogP contribution >= 0.6 is 7.92 Å². The molecule has 0 radical (unpaired) electrons. The van der Waals surface area contributed by atoms with E-state index < -0.39 is 13.9 Å². The van der Waals surface area contributed by atoms with Crippen molar-refractivity contribution in [3.05, 3.63) is 24.3 Å². The molecule has 0 aromatic heterocycles. The molecule has 1 atom stereocenters. The highest BCUT2D eigenvalue weighted by Crippen LogP contribution is 2.39. The highest BCUT2D eigenvalue weighted by atomic mass is 31.1. The predicted molar refractivity (Wildman–Crippen MR) is 47.4 cm³/mol. The molecule has 0 aliphatic heterocycles. The molecule has 0 heterocycles. The van der Waals surface area contributed by atoms with E-state index in [0.717, 1.165) is 0 Å². The topological polar surface area (TPSA) is 37.3 Å². The summed E-state index contributed by atoms with van der Waals surface area (Å²) in [6.07, 6.45) is 8.40. The minimum absolute atomic E-state index is 0.314. The van der Waals surface area contributed by atoms with Crippen LogP contribution in [0.3, 0.4) is 0 Å². The van der Waals surface area contributed by atoms with E-state index >= 15 is 0 Å². The maximum absolute atomic E-state index is 10.3. The van der Waals surface area contributed by atoms with Gasteiger partial charge in [0.05, 0.1) is 6.16 Å². The van der Waals surface area contributed by atoms with E-state index in [-0.39, 0.29) is 0 Å². The second kappa shape index (κ2) is 3.68. The lowest BCUT2D eigenvalue weighted by Crippen LogP contribution is -2.06. The van der Waals surface area contributed by atoms with Gasteiger partial charge in [-0.2, -0.15) is 0 Å². The first kappa shape index (κ1) is 8.48. The maximum atomic E-state index is 10.3. The van der Waals surface area contributed by atoms with Crippen LogP contribution in [0.2, 0.25) is 0 Å². The third kappa shape index (κ3) is 2.47. The SMILES string of the molecule is CP(CC(=O)O)C1C=CC=C1. The van der Waals surface area contributed by atoms with E-state index in [1.54, 1.807) is 0 Å². The van der Waals surface area contributed by atoms with Crippen LogP contribution in [0, 0.1) is 0 Å². The van der Waals surface area contributed by atoms with Crippen LogP contribution in [0.5, 0.6) is 0 Å². The Morgan fingerprint density at radius 3 is 2.55 bits per heavy atom. The normalized spacial score (nSPS) is 19.0. The highest BCUT2D eigenvalue weighted by molar-refractivity contribution is 7.59. The number of aliphatic carboxylic acids is 1. The van der Waals surface area contributed by atoms with Crippen molar-refractivity contribution in [1.82, 2.24) is 0 Å². The highest BCUT2D eigenvalue weighted by Gasteiger charge is 2.15. The summed E-state index contributed by atoms with van der Waals surface area (Å²) in [7, 11) is -0.394.